The highest BCUT2D eigenvalue weighted by atomic mass is 35.5. The van der Waals surface area contributed by atoms with Gasteiger partial charge in [0.15, 0.2) is 0 Å². The number of halogens is 6. The molecule has 192 valence electrons. The fourth-order valence-corrected chi connectivity index (χ4v) is 3.78. The van der Waals surface area contributed by atoms with Crippen molar-refractivity contribution in [2.45, 2.75) is 44.0 Å². The lowest BCUT2D eigenvalue weighted by Crippen LogP contribution is -2.32. The number of amides is 1. The van der Waals surface area contributed by atoms with E-state index in [0.717, 1.165) is 37.1 Å². The van der Waals surface area contributed by atoms with Gasteiger partial charge in [-0.1, -0.05) is 6.07 Å². The quantitative estimate of drug-likeness (QED) is 0.443. The summed E-state index contributed by atoms with van der Waals surface area (Å²) in [6, 6.07) is 4.07. The van der Waals surface area contributed by atoms with Crippen molar-refractivity contribution in [3.05, 3.63) is 65.7 Å². The van der Waals surface area contributed by atoms with Gasteiger partial charge in [-0.15, -0.1) is 12.4 Å². The van der Waals surface area contributed by atoms with Crippen molar-refractivity contribution in [3.63, 3.8) is 0 Å². The summed E-state index contributed by atoms with van der Waals surface area (Å²) in [7, 11) is 0. The van der Waals surface area contributed by atoms with Crippen LogP contribution in [-0.2, 0) is 6.18 Å². The van der Waals surface area contributed by atoms with E-state index in [2.05, 4.69) is 20.3 Å². The number of ether oxygens (including phenoxy) is 1. The Morgan fingerprint density at radius 1 is 1.06 bits per heavy atom. The summed E-state index contributed by atoms with van der Waals surface area (Å²) in [6.07, 6.45) is 0.242. The molecular weight excluding hydrogens is 509 g/mol. The summed E-state index contributed by atoms with van der Waals surface area (Å²) < 4.78 is 75.1. The van der Waals surface area contributed by atoms with Gasteiger partial charge >= 0.3 is 6.18 Å². The summed E-state index contributed by atoms with van der Waals surface area (Å²) in [5.41, 5.74) is 2.04. The van der Waals surface area contributed by atoms with Crippen LogP contribution in [0.15, 0.2) is 42.9 Å². The number of nitrogens with zero attached hydrogens (tertiary/aromatic N) is 3. The van der Waals surface area contributed by atoms with E-state index in [-0.39, 0.29) is 36.1 Å². The number of nitrogens with two attached hydrogens (primary N) is 1. The zero-order chi connectivity index (χ0) is 25.2. The lowest BCUT2D eigenvalue weighted by molar-refractivity contribution is -0.137. The van der Waals surface area contributed by atoms with Crippen LogP contribution in [0.5, 0.6) is 5.88 Å². The number of pyridine rings is 1. The van der Waals surface area contributed by atoms with Gasteiger partial charge in [0, 0.05) is 6.04 Å². The first-order valence-corrected chi connectivity index (χ1v) is 10.7. The third kappa shape index (κ3) is 6.05. The zero-order valence-corrected chi connectivity index (χ0v) is 19.4. The lowest BCUT2D eigenvalue weighted by Gasteiger charge is -2.26. The molecule has 0 aliphatic heterocycles. The Balaban J connectivity index is 0.00000361. The van der Waals surface area contributed by atoms with Crippen LogP contribution >= 0.6 is 12.4 Å². The number of carbonyl (C=O) groups is 1. The number of anilines is 1. The van der Waals surface area contributed by atoms with E-state index in [1.54, 1.807) is 0 Å². The van der Waals surface area contributed by atoms with Gasteiger partial charge in [0.1, 0.15) is 35.4 Å². The predicted octanol–water partition coefficient (Wildman–Crippen LogP) is 5.16. The second kappa shape index (κ2) is 11.1. The Kier molecular flexibility index (Phi) is 8.41. The van der Waals surface area contributed by atoms with E-state index in [0.29, 0.717) is 18.9 Å². The van der Waals surface area contributed by atoms with Crippen molar-refractivity contribution in [2.24, 2.45) is 5.73 Å². The number of carbonyl (C=O) groups excluding carboxylic acids is 1. The molecule has 1 aromatic carbocycles. The minimum absolute atomic E-state index is 0. The fourth-order valence-electron chi connectivity index (χ4n) is 3.78. The van der Waals surface area contributed by atoms with Crippen molar-refractivity contribution < 1.29 is 31.5 Å². The molecule has 0 spiro atoms. The monoisotopic (exact) mass is 529 g/mol. The van der Waals surface area contributed by atoms with Gasteiger partial charge in [-0.25, -0.2) is 18.7 Å². The molecule has 1 amide bonds. The first-order chi connectivity index (χ1) is 16.6. The summed E-state index contributed by atoms with van der Waals surface area (Å²) in [6.45, 7) is 0. The highest BCUT2D eigenvalue weighted by Gasteiger charge is 2.36. The standard InChI is InChI=1S/C23H20F5N5O2.ClH/c24-15-2-1-3-16(25)19(15)20-14(23(26,27)28)8-9-17(32-20)21(34)33-18-10-30-11-31-22(18)35-13-6-4-12(29)5-7-13;/h1-3,8-13H,4-7,29H2,(H,33,34);1H. The van der Waals surface area contributed by atoms with Crippen molar-refractivity contribution in [1.29, 1.82) is 0 Å². The van der Waals surface area contributed by atoms with Gasteiger partial charge in [-0.3, -0.25) is 4.79 Å². The molecule has 2 heterocycles. The number of aromatic nitrogens is 3. The average Bonchev–Trinajstić information content (AvgIpc) is 2.81. The normalized spacial score (nSPS) is 17.7. The summed E-state index contributed by atoms with van der Waals surface area (Å²) >= 11 is 0. The van der Waals surface area contributed by atoms with Gasteiger partial charge in [-0.2, -0.15) is 18.2 Å². The molecule has 3 N–H and O–H groups in total. The third-order valence-corrected chi connectivity index (χ3v) is 5.55. The summed E-state index contributed by atoms with van der Waals surface area (Å²) in [5, 5.41) is 2.45. The molecule has 1 saturated carbocycles. The molecule has 4 rings (SSSR count). The molecule has 36 heavy (non-hydrogen) atoms. The molecule has 0 atom stereocenters. The molecule has 2 aromatic heterocycles. The average molecular weight is 530 g/mol. The minimum atomic E-state index is -4.97. The maximum Gasteiger partial charge on any atom is 0.418 e. The van der Waals surface area contributed by atoms with Gasteiger partial charge in [0.2, 0.25) is 5.88 Å². The molecule has 0 bridgehead atoms. The second-order valence-corrected chi connectivity index (χ2v) is 8.04. The second-order valence-electron chi connectivity index (χ2n) is 8.04. The van der Waals surface area contributed by atoms with Crippen LogP contribution in [0.1, 0.15) is 41.7 Å². The molecule has 0 radical (unpaired) electrons. The largest absolute Gasteiger partial charge is 0.473 e. The molecule has 1 fully saturated rings. The van der Waals surface area contributed by atoms with Crippen LogP contribution in [0.4, 0.5) is 27.6 Å². The van der Waals surface area contributed by atoms with Crippen LogP contribution in [0, 0.1) is 11.6 Å². The molecular formula is C23H21ClF5N5O2. The molecule has 1 aliphatic rings. The molecule has 7 nitrogen and oxygen atoms in total. The van der Waals surface area contributed by atoms with E-state index < -0.39 is 46.2 Å². The van der Waals surface area contributed by atoms with E-state index in [4.69, 9.17) is 10.5 Å². The number of alkyl halides is 3. The van der Waals surface area contributed by atoms with Gasteiger partial charge in [-0.05, 0) is 49.9 Å². The van der Waals surface area contributed by atoms with Crippen LogP contribution in [0.2, 0.25) is 0 Å². The molecule has 3 aromatic rings. The number of hydrogen-bond acceptors (Lipinski definition) is 6. The van der Waals surface area contributed by atoms with Crippen LogP contribution in [-0.4, -0.2) is 33.0 Å². The first kappa shape index (κ1) is 27.2. The fraction of sp³-hybridized carbons (Fsp3) is 0.304. The van der Waals surface area contributed by atoms with E-state index in [9.17, 15) is 26.7 Å². The van der Waals surface area contributed by atoms with E-state index in [1.807, 2.05) is 0 Å². The maximum atomic E-state index is 14.3. The Morgan fingerprint density at radius 2 is 1.72 bits per heavy atom. The first-order valence-electron chi connectivity index (χ1n) is 10.7. The van der Waals surface area contributed by atoms with Crippen LogP contribution < -0.4 is 15.8 Å². The number of nitrogens with one attached hydrogen (secondary N) is 1. The van der Waals surface area contributed by atoms with Gasteiger partial charge < -0.3 is 15.8 Å². The van der Waals surface area contributed by atoms with Crippen molar-refractivity contribution in [3.8, 4) is 17.1 Å². The van der Waals surface area contributed by atoms with E-state index >= 15 is 0 Å². The molecule has 13 heteroatoms. The maximum absolute atomic E-state index is 14.3. The Bertz CT molecular complexity index is 1220. The summed E-state index contributed by atoms with van der Waals surface area (Å²) in [5.74, 6) is -3.37. The predicted molar refractivity (Wildman–Crippen MR) is 123 cm³/mol. The number of benzene rings is 1. The lowest BCUT2D eigenvalue weighted by atomic mass is 9.94. The third-order valence-electron chi connectivity index (χ3n) is 5.55. The summed E-state index contributed by atoms with van der Waals surface area (Å²) in [4.78, 5) is 24.4. The molecule has 0 unspecified atom stereocenters. The molecule has 0 saturated heterocycles. The topological polar surface area (TPSA) is 103 Å². The molecule has 1 aliphatic carbocycles. The van der Waals surface area contributed by atoms with Gasteiger partial charge in [0.25, 0.3) is 5.91 Å². The van der Waals surface area contributed by atoms with Crippen molar-refractivity contribution in [1.82, 2.24) is 15.0 Å². The zero-order valence-electron chi connectivity index (χ0n) is 18.6. The van der Waals surface area contributed by atoms with Crippen molar-refractivity contribution >= 4 is 24.0 Å². The van der Waals surface area contributed by atoms with Crippen molar-refractivity contribution in [2.75, 3.05) is 5.32 Å². The highest BCUT2D eigenvalue weighted by molar-refractivity contribution is 6.03. The van der Waals surface area contributed by atoms with Crippen LogP contribution in [0.3, 0.4) is 0 Å². The number of hydrogen-bond donors (Lipinski definition) is 2. The SMILES string of the molecule is Cl.NC1CCC(Oc2ncncc2NC(=O)c2ccc(C(F)(F)F)c(-c3c(F)cccc3F)n2)CC1. The highest BCUT2D eigenvalue weighted by Crippen LogP contribution is 2.38. The number of rotatable bonds is 5. The smallest absolute Gasteiger partial charge is 0.418 e. The minimum Gasteiger partial charge on any atom is -0.473 e. The van der Waals surface area contributed by atoms with Crippen LogP contribution in [0.25, 0.3) is 11.3 Å². The van der Waals surface area contributed by atoms with E-state index in [1.165, 1.54) is 12.5 Å². The van der Waals surface area contributed by atoms with Gasteiger partial charge in [0.05, 0.1) is 23.0 Å². The Labute approximate surface area is 208 Å². The Hall–Kier alpha value is -3.38. The Morgan fingerprint density at radius 3 is 2.36 bits per heavy atom.